The second-order valence-electron chi connectivity index (χ2n) is 4.69. The van der Waals surface area contributed by atoms with Crippen LogP contribution in [0.25, 0.3) is 10.9 Å². The molecule has 0 aliphatic heterocycles. The number of pyridine rings is 1. The lowest BCUT2D eigenvalue weighted by molar-refractivity contribution is 0.581. The molecule has 2 rings (SSSR count). The van der Waals surface area contributed by atoms with Crippen LogP contribution in [0.3, 0.4) is 0 Å². The van der Waals surface area contributed by atoms with E-state index in [0.29, 0.717) is 11.4 Å². The minimum Gasteiger partial charge on any atom is -0.250 e. The molecule has 0 saturated heterocycles. The van der Waals surface area contributed by atoms with Crippen molar-refractivity contribution in [3.8, 4) is 0 Å². The highest BCUT2D eigenvalue weighted by molar-refractivity contribution is 9.10. The van der Waals surface area contributed by atoms with Gasteiger partial charge in [0.2, 0.25) is 0 Å². The molecule has 2 aromatic rings. The molecule has 3 heteroatoms. The molecular formula is C14H15BrFN. The van der Waals surface area contributed by atoms with Crippen molar-refractivity contribution in [2.24, 2.45) is 5.92 Å². The van der Waals surface area contributed by atoms with E-state index in [1.165, 1.54) is 6.07 Å². The molecule has 0 saturated carbocycles. The molecule has 17 heavy (non-hydrogen) atoms. The molecular weight excluding hydrogens is 281 g/mol. The summed E-state index contributed by atoms with van der Waals surface area (Å²) in [5.74, 6) is 0.378. The highest BCUT2D eigenvalue weighted by Gasteiger charge is 2.06. The second-order valence-corrected chi connectivity index (χ2v) is 5.61. The first-order valence-electron chi connectivity index (χ1n) is 5.81. The first-order valence-corrected chi connectivity index (χ1v) is 6.60. The summed E-state index contributed by atoms with van der Waals surface area (Å²) < 4.78 is 14.5. The predicted octanol–water partition coefficient (Wildman–Crippen LogP) is 4.73. The highest BCUT2D eigenvalue weighted by Crippen LogP contribution is 2.22. The van der Waals surface area contributed by atoms with E-state index in [4.69, 9.17) is 0 Å². The van der Waals surface area contributed by atoms with Gasteiger partial charge < -0.3 is 0 Å². The quantitative estimate of drug-likeness (QED) is 0.798. The zero-order valence-corrected chi connectivity index (χ0v) is 11.6. The minimum absolute atomic E-state index is 0.263. The Morgan fingerprint density at radius 2 is 2.06 bits per heavy atom. The molecule has 1 aromatic heterocycles. The molecule has 0 N–H and O–H groups in total. The molecule has 0 aliphatic carbocycles. The van der Waals surface area contributed by atoms with Gasteiger partial charge in [0.15, 0.2) is 5.82 Å². The van der Waals surface area contributed by atoms with Crippen LogP contribution in [-0.4, -0.2) is 4.98 Å². The van der Waals surface area contributed by atoms with E-state index < -0.39 is 0 Å². The van der Waals surface area contributed by atoms with Crippen LogP contribution < -0.4 is 0 Å². The molecule has 90 valence electrons. The van der Waals surface area contributed by atoms with E-state index in [-0.39, 0.29) is 5.82 Å². The Bertz CT molecular complexity index is 537. The highest BCUT2D eigenvalue weighted by atomic mass is 79.9. The zero-order chi connectivity index (χ0) is 12.4. The summed E-state index contributed by atoms with van der Waals surface area (Å²) in [5, 5.41) is 0.838. The van der Waals surface area contributed by atoms with Crippen LogP contribution in [0.5, 0.6) is 0 Å². The topological polar surface area (TPSA) is 12.9 Å². The van der Waals surface area contributed by atoms with Gasteiger partial charge in [-0.2, -0.15) is 0 Å². The molecule has 0 aliphatic rings. The van der Waals surface area contributed by atoms with Crippen LogP contribution in [0.15, 0.2) is 28.7 Å². The molecule has 0 bridgehead atoms. The maximum absolute atomic E-state index is 13.7. The SMILES string of the molecule is CC(C)CCc1ccc2cc(Br)cc(F)c2n1. The van der Waals surface area contributed by atoms with Crippen molar-refractivity contribution in [2.75, 3.05) is 0 Å². The summed E-state index contributed by atoms with van der Waals surface area (Å²) in [7, 11) is 0. The van der Waals surface area contributed by atoms with E-state index in [0.717, 1.165) is 28.4 Å². The van der Waals surface area contributed by atoms with Gasteiger partial charge in [-0.15, -0.1) is 0 Å². The maximum Gasteiger partial charge on any atom is 0.150 e. The van der Waals surface area contributed by atoms with Crippen LogP contribution in [0, 0.1) is 11.7 Å². The van der Waals surface area contributed by atoms with Gasteiger partial charge in [0, 0.05) is 15.6 Å². The van der Waals surface area contributed by atoms with E-state index in [9.17, 15) is 4.39 Å². The molecule has 1 aromatic carbocycles. The first kappa shape index (κ1) is 12.5. The monoisotopic (exact) mass is 295 g/mol. The zero-order valence-electron chi connectivity index (χ0n) is 10.0. The number of hydrogen-bond acceptors (Lipinski definition) is 1. The van der Waals surface area contributed by atoms with Gasteiger partial charge in [-0.3, -0.25) is 0 Å². The molecule has 1 nitrogen and oxygen atoms in total. The number of fused-ring (bicyclic) bond motifs is 1. The summed E-state index contributed by atoms with van der Waals surface area (Å²) in [6.07, 6.45) is 1.99. The van der Waals surface area contributed by atoms with Gasteiger partial charge in [0.1, 0.15) is 5.52 Å². The summed E-state index contributed by atoms with van der Waals surface area (Å²) in [4.78, 5) is 4.39. The lowest BCUT2D eigenvalue weighted by Gasteiger charge is -2.06. The Kier molecular flexibility index (Phi) is 3.77. The van der Waals surface area contributed by atoms with Gasteiger partial charge >= 0.3 is 0 Å². The molecule has 0 amide bonds. The number of hydrogen-bond donors (Lipinski definition) is 0. The summed E-state index contributed by atoms with van der Waals surface area (Å²) >= 11 is 3.28. The van der Waals surface area contributed by atoms with Crippen molar-refractivity contribution < 1.29 is 4.39 Å². The van der Waals surface area contributed by atoms with Crippen LogP contribution >= 0.6 is 15.9 Å². The van der Waals surface area contributed by atoms with Gasteiger partial charge in [0.05, 0.1) is 0 Å². The molecule has 0 spiro atoms. The fourth-order valence-corrected chi connectivity index (χ4v) is 2.22. The number of aromatic nitrogens is 1. The smallest absolute Gasteiger partial charge is 0.150 e. The number of halogens is 2. The van der Waals surface area contributed by atoms with Crippen molar-refractivity contribution >= 4 is 26.8 Å². The lowest BCUT2D eigenvalue weighted by atomic mass is 10.1. The molecule has 0 radical (unpaired) electrons. The predicted molar refractivity (Wildman–Crippen MR) is 72.6 cm³/mol. The van der Waals surface area contributed by atoms with Crippen LogP contribution in [0.1, 0.15) is 26.0 Å². The molecule has 0 fully saturated rings. The van der Waals surface area contributed by atoms with E-state index >= 15 is 0 Å². The van der Waals surface area contributed by atoms with Crippen molar-refractivity contribution in [3.63, 3.8) is 0 Å². The summed E-state index contributed by atoms with van der Waals surface area (Å²) in [5.41, 5.74) is 1.43. The lowest BCUT2D eigenvalue weighted by Crippen LogP contribution is -1.96. The van der Waals surface area contributed by atoms with E-state index in [2.05, 4.69) is 34.8 Å². The standard InChI is InChI=1S/C14H15BrFN/c1-9(2)3-5-12-6-4-10-7-11(15)8-13(16)14(10)17-12/h4,6-9H,3,5H2,1-2H3. The second kappa shape index (κ2) is 5.13. The Balaban J connectivity index is 2.36. The van der Waals surface area contributed by atoms with Crippen molar-refractivity contribution in [1.29, 1.82) is 0 Å². The fourth-order valence-electron chi connectivity index (χ4n) is 1.77. The maximum atomic E-state index is 13.7. The van der Waals surface area contributed by atoms with Gasteiger partial charge in [-0.25, -0.2) is 9.37 Å². The summed E-state index contributed by atoms with van der Waals surface area (Å²) in [6, 6.07) is 7.27. The van der Waals surface area contributed by atoms with E-state index in [1.54, 1.807) is 0 Å². The van der Waals surface area contributed by atoms with Crippen LogP contribution in [0.2, 0.25) is 0 Å². The number of rotatable bonds is 3. The van der Waals surface area contributed by atoms with Crippen LogP contribution in [0.4, 0.5) is 4.39 Å². The third-order valence-electron chi connectivity index (χ3n) is 2.75. The average molecular weight is 296 g/mol. The van der Waals surface area contributed by atoms with Crippen LogP contribution in [-0.2, 0) is 6.42 Å². The Hall–Kier alpha value is -0.960. The molecule has 0 unspecified atom stereocenters. The Labute approximate surface area is 109 Å². The largest absolute Gasteiger partial charge is 0.250 e. The van der Waals surface area contributed by atoms with Gasteiger partial charge in [-0.05, 0) is 37.0 Å². The van der Waals surface area contributed by atoms with Gasteiger partial charge in [-0.1, -0.05) is 35.8 Å². The third kappa shape index (κ3) is 3.03. The Morgan fingerprint density at radius 3 is 2.76 bits per heavy atom. The van der Waals surface area contributed by atoms with Gasteiger partial charge in [0.25, 0.3) is 0 Å². The minimum atomic E-state index is -0.263. The number of benzene rings is 1. The number of aryl methyl sites for hydroxylation is 1. The fraction of sp³-hybridized carbons (Fsp3) is 0.357. The average Bonchev–Trinajstić information content (AvgIpc) is 2.26. The van der Waals surface area contributed by atoms with Crippen molar-refractivity contribution in [2.45, 2.75) is 26.7 Å². The third-order valence-corrected chi connectivity index (χ3v) is 3.20. The van der Waals surface area contributed by atoms with Crippen molar-refractivity contribution in [1.82, 2.24) is 4.98 Å². The number of nitrogens with zero attached hydrogens (tertiary/aromatic N) is 1. The molecule has 1 heterocycles. The normalized spacial score (nSPS) is 11.4. The first-order chi connectivity index (χ1) is 8.06. The summed E-state index contributed by atoms with van der Waals surface area (Å²) in [6.45, 7) is 4.36. The molecule has 0 atom stereocenters. The Morgan fingerprint density at radius 1 is 1.29 bits per heavy atom. The van der Waals surface area contributed by atoms with Crippen molar-refractivity contribution in [3.05, 3.63) is 40.2 Å². The van der Waals surface area contributed by atoms with E-state index in [1.807, 2.05) is 18.2 Å².